The van der Waals surface area contributed by atoms with Crippen molar-refractivity contribution in [2.75, 3.05) is 13.1 Å². The molecule has 1 N–H and O–H groups in total. The summed E-state index contributed by atoms with van der Waals surface area (Å²) >= 11 is 0. The fourth-order valence-electron chi connectivity index (χ4n) is 3.80. The molecule has 1 fully saturated rings. The van der Waals surface area contributed by atoms with Gasteiger partial charge >= 0.3 is 0 Å². The molecule has 0 amide bonds. The molecule has 2 atom stereocenters. The minimum atomic E-state index is 0.401. The third-order valence-corrected chi connectivity index (χ3v) is 5.20. The number of rotatable bonds is 6. The molecule has 4 rings (SSSR count). The zero-order valence-electron chi connectivity index (χ0n) is 15.1. The molecule has 0 bridgehead atoms. The van der Waals surface area contributed by atoms with Gasteiger partial charge in [0.25, 0.3) is 0 Å². The highest BCUT2D eigenvalue weighted by Crippen LogP contribution is 2.29. The highest BCUT2D eigenvalue weighted by molar-refractivity contribution is 5.24. The third kappa shape index (κ3) is 3.84. The second-order valence-electron chi connectivity index (χ2n) is 6.98. The van der Waals surface area contributed by atoms with Crippen LogP contribution in [0.15, 0.2) is 67.0 Å². The van der Waals surface area contributed by atoms with Gasteiger partial charge in [-0.2, -0.15) is 5.10 Å². The van der Waals surface area contributed by atoms with E-state index in [1.165, 1.54) is 11.1 Å². The van der Waals surface area contributed by atoms with Crippen LogP contribution in [0.1, 0.15) is 22.9 Å². The first-order chi connectivity index (χ1) is 12.8. The number of likely N-dealkylation sites (tertiary alicyclic amines) is 1. The zero-order chi connectivity index (χ0) is 17.8. The molecule has 0 spiro atoms. The topological polar surface area (TPSA) is 46.0 Å². The normalized spacial score (nSPS) is 20.5. The van der Waals surface area contributed by atoms with E-state index in [1.54, 1.807) is 6.33 Å². The van der Waals surface area contributed by atoms with Gasteiger partial charge in [-0.25, -0.2) is 4.98 Å². The van der Waals surface area contributed by atoms with Crippen molar-refractivity contribution in [3.8, 4) is 0 Å². The lowest BCUT2D eigenvalue weighted by atomic mass is 9.94. The van der Waals surface area contributed by atoms with Crippen molar-refractivity contribution in [2.45, 2.75) is 25.0 Å². The van der Waals surface area contributed by atoms with Crippen molar-refractivity contribution >= 4 is 0 Å². The van der Waals surface area contributed by atoms with Crippen LogP contribution >= 0.6 is 0 Å². The first-order valence-electron chi connectivity index (χ1n) is 9.17. The van der Waals surface area contributed by atoms with Gasteiger partial charge in [0.05, 0.1) is 6.54 Å². The number of hydrogen-bond donors (Lipinski definition) is 1. The summed E-state index contributed by atoms with van der Waals surface area (Å²) in [6.45, 7) is 3.83. The summed E-state index contributed by atoms with van der Waals surface area (Å²) < 4.78 is 1.83. The van der Waals surface area contributed by atoms with Crippen LogP contribution in [-0.4, -0.2) is 38.8 Å². The van der Waals surface area contributed by atoms with Gasteiger partial charge in [0, 0.05) is 38.6 Å². The first kappa shape index (κ1) is 16.9. The molecule has 1 aliphatic heterocycles. The van der Waals surface area contributed by atoms with E-state index < -0.39 is 0 Å². The largest absolute Gasteiger partial charge is 0.305 e. The molecule has 1 aromatic heterocycles. The smallest absolute Gasteiger partial charge is 0.140 e. The van der Waals surface area contributed by atoms with Crippen molar-refractivity contribution in [1.82, 2.24) is 25.0 Å². The molecule has 5 heteroatoms. The number of benzene rings is 2. The summed E-state index contributed by atoms with van der Waals surface area (Å²) in [5.41, 5.74) is 2.77. The molecule has 0 unspecified atom stereocenters. The maximum Gasteiger partial charge on any atom is 0.140 e. The lowest BCUT2D eigenvalue weighted by Crippen LogP contribution is -2.35. The van der Waals surface area contributed by atoms with E-state index in [0.29, 0.717) is 12.0 Å². The maximum atomic E-state index is 4.34. The summed E-state index contributed by atoms with van der Waals surface area (Å²) in [5, 5.41) is 7.89. The molecule has 0 radical (unpaired) electrons. The Morgan fingerprint density at radius 3 is 2.42 bits per heavy atom. The van der Waals surface area contributed by atoms with E-state index in [0.717, 1.165) is 32.0 Å². The summed E-state index contributed by atoms with van der Waals surface area (Å²) in [4.78, 5) is 6.88. The first-order valence-corrected chi connectivity index (χ1v) is 9.17. The average molecular weight is 347 g/mol. The van der Waals surface area contributed by atoms with Crippen molar-refractivity contribution in [3.05, 3.63) is 83.9 Å². The molecule has 2 aromatic carbocycles. The van der Waals surface area contributed by atoms with Crippen LogP contribution < -0.4 is 5.32 Å². The van der Waals surface area contributed by atoms with Crippen LogP contribution in [0, 0.1) is 0 Å². The van der Waals surface area contributed by atoms with Crippen molar-refractivity contribution in [1.29, 1.82) is 0 Å². The molecule has 0 aliphatic carbocycles. The van der Waals surface area contributed by atoms with Gasteiger partial charge in [-0.1, -0.05) is 60.7 Å². The van der Waals surface area contributed by atoms with Crippen LogP contribution in [0.2, 0.25) is 0 Å². The highest BCUT2D eigenvalue weighted by atomic mass is 15.3. The third-order valence-electron chi connectivity index (χ3n) is 5.20. The number of nitrogens with one attached hydrogen (secondary N) is 1. The second kappa shape index (κ2) is 7.81. The van der Waals surface area contributed by atoms with Gasteiger partial charge in [-0.15, -0.1) is 0 Å². The summed E-state index contributed by atoms with van der Waals surface area (Å²) in [5.74, 6) is 1.45. The Bertz CT molecular complexity index is 815. The molecule has 1 aliphatic rings. The quantitative estimate of drug-likeness (QED) is 0.744. The van der Waals surface area contributed by atoms with Crippen LogP contribution in [0.3, 0.4) is 0 Å². The Kier molecular flexibility index (Phi) is 5.09. The summed E-state index contributed by atoms with van der Waals surface area (Å²) in [7, 11) is 1.94. The molecule has 0 saturated carbocycles. The number of hydrogen-bond acceptors (Lipinski definition) is 4. The Morgan fingerprint density at radius 1 is 1.00 bits per heavy atom. The molecular weight excluding hydrogens is 322 g/mol. The molecule has 134 valence electrons. The van der Waals surface area contributed by atoms with E-state index in [-0.39, 0.29) is 0 Å². The number of aromatic nitrogens is 3. The van der Waals surface area contributed by atoms with E-state index in [1.807, 2.05) is 11.7 Å². The highest BCUT2D eigenvalue weighted by Gasteiger charge is 2.33. The number of nitrogens with zero attached hydrogens (tertiary/aromatic N) is 4. The molecular formula is C21H25N5. The van der Waals surface area contributed by atoms with Gasteiger partial charge in [0.2, 0.25) is 0 Å². The minimum Gasteiger partial charge on any atom is -0.305 e. The van der Waals surface area contributed by atoms with Gasteiger partial charge in [0.15, 0.2) is 0 Å². The summed E-state index contributed by atoms with van der Waals surface area (Å²) in [6.07, 6.45) is 1.61. The standard InChI is InChI=1S/C21H25N5/c1-25-21(23-16-24-25)12-22-20-15-26(13-17-8-4-2-5-9-17)14-19(20)18-10-6-3-7-11-18/h2-11,16,19-20,22H,12-15H2,1H3/t19-,20+/m0/s1. The molecule has 3 aromatic rings. The lowest BCUT2D eigenvalue weighted by Gasteiger charge is -2.20. The van der Waals surface area contributed by atoms with Crippen molar-refractivity contribution < 1.29 is 0 Å². The van der Waals surface area contributed by atoms with Crippen molar-refractivity contribution in [3.63, 3.8) is 0 Å². The Hall–Kier alpha value is -2.50. The lowest BCUT2D eigenvalue weighted by molar-refractivity contribution is 0.318. The van der Waals surface area contributed by atoms with E-state index in [2.05, 4.69) is 81.0 Å². The predicted octanol–water partition coefficient (Wildman–Crippen LogP) is 2.57. The minimum absolute atomic E-state index is 0.401. The average Bonchev–Trinajstić information content (AvgIpc) is 3.27. The van der Waals surface area contributed by atoms with E-state index in [4.69, 9.17) is 0 Å². The van der Waals surface area contributed by atoms with E-state index in [9.17, 15) is 0 Å². The maximum absolute atomic E-state index is 4.34. The zero-order valence-corrected chi connectivity index (χ0v) is 15.1. The SMILES string of the molecule is Cn1ncnc1CN[C@@H]1CN(Cc2ccccc2)C[C@H]1c1ccccc1. The van der Waals surface area contributed by atoms with Gasteiger partial charge in [-0.05, 0) is 11.1 Å². The Morgan fingerprint density at radius 2 is 1.73 bits per heavy atom. The van der Waals surface area contributed by atoms with Crippen LogP contribution in [0.25, 0.3) is 0 Å². The Balaban J connectivity index is 1.48. The molecule has 2 heterocycles. The van der Waals surface area contributed by atoms with Crippen LogP contribution in [0.4, 0.5) is 0 Å². The molecule has 26 heavy (non-hydrogen) atoms. The van der Waals surface area contributed by atoms with Crippen LogP contribution in [-0.2, 0) is 20.1 Å². The Labute approximate surface area is 154 Å². The van der Waals surface area contributed by atoms with E-state index >= 15 is 0 Å². The predicted molar refractivity (Wildman–Crippen MR) is 103 cm³/mol. The molecule has 5 nitrogen and oxygen atoms in total. The molecule has 1 saturated heterocycles. The van der Waals surface area contributed by atoms with Gasteiger partial charge in [0.1, 0.15) is 12.2 Å². The van der Waals surface area contributed by atoms with Gasteiger partial charge < -0.3 is 5.32 Å². The number of aryl methyl sites for hydroxylation is 1. The van der Waals surface area contributed by atoms with Crippen molar-refractivity contribution in [2.24, 2.45) is 7.05 Å². The monoisotopic (exact) mass is 347 g/mol. The fraction of sp³-hybridized carbons (Fsp3) is 0.333. The summed E-state index contributed by atoms with van der Waals surface area (Å²) in [6, 6.07) is 22.0. The van der Waals surface area contributed by atoms with Crippen LogP contribution in [0.5, 0.6) is 0 Å². The second-order valence-corrected chi connectivity index (χ2v) is 6.98. The fourth-order valence-corrected chi connectivity index (χ4v) is 3.80. The van der Waals surface area contributed by atoms with Gasteiger partial charge in [-0.3, -0.25) is 9.58 Å².